The van der Waals surface area contributed by atoms with Crippen molar-refractivity contribution in [2.24, 2.45) is 0 Å². The van der Waals surface area contributed by atoms with Gasteiger partial charge in [0.25, 0.3) is 0 Å². The summed E-state index contributed by atoms with van der Waals surface area (Å²) in [6, 6.07) is 9.79. The number of pyridine rings is 2. The first kappa shape index (κ1) is 58.1. The minimum absolute atomic E-state index is 0. The summed E-state index contributed by atoms with van der Waals surface area (Å²) in [6.45, 7) is 14.4. The van der Waals surface area contributed by atoms with E-state index in [-0.39, 0.29) is 160 Å². The zero-order valence-corrected chi connectivity index (χ0v) is 46.1. The number of halogens is 10. The molecule has 7 heterocycles. The predicted octanol–water partition coefficient (Wildman–Crippen LogP) is 14.5. The number of nitrogens with zero attached hydrogens (tertiary/aromatic N) is 6. The van der Waals surface area contributed by atoms with Crippen LogP contribution < -0.4 is 19.9 Å². The van der Waals surface area contributed by atoms with Crippen molar-refractivity contribution >= 4 is 66.2 Å². The van der Waals surface area contributed by atoms with Gasteiger partial charge in [0.15, 0.2) is 11.1 Å². The molecule has 9 aromatic rings. The molecule has 0 radical (unpaired) electrons. The van der Waals surface area contributed by atoms with Gasteiger partial charge in [-0.3, -0.25) is 9.97 Å². The van der Waals surface area contributed by atoms with Gasteiger partial charge in [-0.1, -0.05) is 112 Å². The van der Waals surface area contributed by atoms with Crippen molar-refractivity contribution in [3.8, 4) is 22.3 Å². The molecule has 8 nitrogen and oxygen atoms in total. The molecule has 2 aromatic carbocycles. The standard InChI is InChI=1S/C56H46F10N6.2O.U/c1-9-23-27(13-5)53-37(35-39(57)43(61)47(65)44(62)40(35)58)54-28(14-6)24(10-2)51(70-54)33-21-18-22-34(68-33)52-26(12-4)30(16-8)56(72-52)38(36-41(59)45(63)48(66)46(64)42(36)60)55-29(15-7)25(11-3)50(71-55)32-20-17-19-31(67-32)49(23)69-53;;;/h17-22H,9-16H2,1-8H3;;;/q3*-2;. The van der Waals surface area contributed by atoms with E-state index in [9.17, 15) is 8.78 Å². The van der Waals surface area contributed by atoms with Gasteiger partial charge in [-0.05, 0) is 120 Å². The maximum Gasteiger partial charge on any atom is 0.238 e. The van der Waals surface area contributed by atoms with Crippen LogP contribution in [0.25, 0.3) is 88.5 Å². The molecule has 0 aliphatic heterocycles. The molecule has 12 bridgehead atoms. The fourth-order valence-corrected chi connectivity index (χ4v) is 10.6. The molecule has 0 atom stereocenters. The third-order valence-corrected chi connectivity index (χ3v) is 13.8. The summed E-state index contributed by atoms with van der Waals surface area (Å²) in [5.74, 6) is -21.5. The fourth-order valence-electron chi connectivity index (χ4n) is 10.6. The molecule has 0 unspecified atom stereocenters. The van der Waals surface area contributed by atoms with Crippen molar-refractivity contribution < 1.29 is 86.0 Å². The Kier molecular flexibility index (Phi) is 17.5. The molecule has 7 aromatic heterocycles. The van der Waals surface area contributed by atoms with Crippen LogP contribution in [0.1, 0.15) is 99.9 Å². The summed E-state index contributed by atoms with van der Waals surface area (Å²) in [5, 5.41) is 0. The number of hydrogen-bond acceptors (Lipinski definition) is 2. The Bertz CT molecular complexity index is 3420. The largest absolute Gasteiger partial charge is 2.00 e. The van der Waals surface area contributed by atoms with Gasteiger partial charge in [0, 0.05) is 64.3 Å². The molecular weight excluding hydrogens is 1220 g/mol. The van der Waals surface area contributed by atoms with Crippen LogP contribution in [0.2, 0.25) is 0 Å². The van der Waals surface area contributed by atoms with Gasteiger partial charge in [-0.25, -0.2) is 0 Å². The molecule has 0 saturated carbocycles. The van der Waals surface area contributed by atoms with Gasteiger partial charge in [-0.2, -0.15) is 43.9 Å². The van der Waals surface area contributed by atoms with Crippen molar-refractivity contribution in [1.29, 1.82) is 0 Å². The average molecular weight is 1260 g/mol. The number of aryl methyl sites for hydroxylation is 8. The van der Waals surface area contributed by atoms with Gasteiger partial charge in [0.2, 0.25) is 58.2 Å². The van der Waals surface area contributed by atoms with Gasteiger partial charge in [-0.15, -0.1) is 0 Å². The normalized spacial score (nSPS) is 11.4. The number of fused-ring (bicyclic) bond motifs is 16. The monoisotopic (exact) mass is 1260 g/mol. The molecule has 0 saturated heterocycles. The Hall–Kier alpha value is -6.13. The van der Waals surface area contributed by atoms with Crippen molar-refractivity contribution in [2.75, 3.05) is 0 Å². The first-order valence-corrected chi connectivity index (χ1v) is 24.0. The molecule has 392 valence electrons. The molecule has 0 amide bonds. The fraction of sp³-hybridized carbons (Fsp3) is 0.286. The van der Waals surface area contributed by atoms with E-state index in [0.29, 0.717) is 44.5 Å². The Morgan fingerprint density at radius 3 is 0.693 bits per heavy atom. The van der Waals surface area contributed by atoms with Crippen molar-refractivity contribution in [2.45, 2.75) is 107 Å². The van der Waals surface area contributed by atoms with E-state index in [1.165, 1.54) is 0 Å². The zero-order chi connectivity index (χ0) is 51.8. The van der Waals surface area contributed by atoms with Crippen LogP contribution >= 0.6 is 0 Å². The van der Waals surface area contributed by atoms with Crippen molar-refractivity contribution in [1.82, 2.24) is 29.9 Å². The minimum Gasteiger partial charge on any atom is -2.00 e. The van der Waals surface area contributed by atoms with Crippen molar-refractivity contribution in [3.05, 3.63) is 139 Å². The van der Waals surface area contributed by atoms with Crippen LogP contribution in [0.3, 0.4) is 0 Å². The third kappa shape index (κ3) is 8.90. The maximum atomic E-state index is 16.5. The quantitative estimate of drug-likeness (QED) is 0.0578. The van der Waals surface area contributed by atoms with Crippen LogP contribution in [0.15, 0.2) is 36.4 Å². The summed E-state index contributed by atoms with van der Waals surface area (Å²) in [6.07, 6.45) is 1.81. The van der Waals surface area contributed by atoms with Crippen LogP contribution in [0, 0.1) is 89.3 Å². The molecule has 9 rings (SSSR count). The van der Waals surface area contributed by atoms with E-state index in [4.69, 9.17) is 29.9 Å². The molecule has 0 N–H and O–H groups in total. The maximum absolute atomic E-state index is 16.5. The van der Waals surface area contributed by atoms with E-state index in [1.54, 1.807) is 64.1 Å². The summed E-state index contributed by atoms with van der Waals surface area (Å²) < 4.78 is 158. The Morgan fingerprint density at radius 1 is 0.320 bits per heavy atom. The molecule has 0 aliphatic rings. The second-order valence-corrected chi connectivity index (χ2v) is 17.3. The van der Waals surface area contributed by atoms with E-state index >= 15 is 35.1 Å². The van der Waals surface area contributed by atoms with Crippen LogP contribution in [-0.2, 0) is 62.3 Å². The SMILES string of the molecule is CCc1c(CC)c2[n-]c1c1cccc(n1)c1[n-]c(c(CC)c1CC)[c+](-c1c(F)c(F)c(F)c(F)c1F)c1[n-]c(c(CC)c1CC)c1cccc(n1)c1[n-]c(c(CC)c1CC)[c+]2-c1c(F)c(F)c(F)c(F)c1F.[O-2].[O-2].[U]. The summed E-state index contributed by atoms with van der Waals surface area (Å²) in [5.41, 5.74) is 2.15. The van der Waals surface area contributed by atoms with Gasteiger partial charge in [0.05, 0.1) is 0 Å². The van der Waals surface area contributed by atoms with E-state index in [2.05, 4.69) is 0 Å². The van der Waals surface area contributed by atoms with Crippen LogP contribution in [0.4, 0.5) is 43.9 Å². The zero-order valence-electron chi connectivity index (χ0n) is 41.9. The van der Waals surface area contributed by atoms with Crippen LogP contribution in [0.5, 0.6) is 0 Å². The molecule has 0 fully saturated rings. The summed E-state index contributed by atoms with van der Waals surface area (Å²) in [4.78, 5) is 30.1. The molecular formula is C56H46F10N6O2U-6. The number of hydrogen-bond donors (Lipinski definition) is 0. The Labute approximate surface area is 447 Å². The topological polar surface area (TPSA) is 139 Å². The first-order valence-electron chi connectivity index (χ1n) is 24.0. The Balaban J connectivity index is 0.00000305. The first-order chi connectivity index (χ1) is 34.6. The number of aromatic nitrogens is 6. The van der Waals surface area contributed by atoms with E-state index in [1.807, 2.05) is 27.7 Å². The summed E-state index contributed by atoms with van der Waals surface area (Å²) >= 11 is 0. The second kappa shape index (κ2) is 22.6. The van der Waals surface area contributed by atoms with Gasteiger partial charge < -0.3 is 30.9 Å². The predicted molar refractivity (Wildman–Crippen MR) is 262 cm³/mol. The van der Waals surface area contributed by atoms with E-state index < -0.39 is 80.4 Å². The van der Waals surface area contributed by atoms with Crippen LogP contribution in [-0.4, -0.2) is 9.97 Å². The van der Waals surface area contributed by atoms with Crippen molar-refractivity contribution in [3.63, 3.8) is 0 Å². The molecule has 0 spiro atoms. The third-order valence-electron chi connectivity index (χ3n) is 13.8. The Morgan fingerprint density at radius 2 is 0.507 bits per heavy atom. The molecule has 0 aliphatic carbocycles. The number of rotatable bonds is 10. The summed E-state index contributed by atoms with van der Waals surface area (Å²) in [7, 11) is 0. The van der Waals surface area contributed by atoms with Gasteiger partial charge >= 0.3 is 0 Å². The number of benzene rings is 2. The molecule has 75 heavy (non-hydrogen) atoms. The minimum atomic E-state index is -2.33. The molecule has 19 heteroatoms. The smallest absolute Gasteiger partial charge is 0.238 e. The van der Waals surface area contributed by atoms with Gasteiger partial charge in [0.1, 0.15) is 0 Å². The second-order valence-electron chi connectivity index (χ2n) is 17.3. The van der Waals surface area contributed by atoms with E-state index in [0.717, 1.165) is 0 Å². The average Bonchev–Trinajstić information content (AvgIpc) is 4.18.